The van der Waals surface area contributed by atoms with E-state index in [1.54, 1.807) is 24.3 Å². The monoisotopic (exact) mass is 380 g/mol. The highest BCUT2D eigenvalue weighted by Crippen LogP contribution is 2.35. The molecule has 0 saturated carbocycles. The van der Waals surface area contributed by atoms with Gasteiger partial charge in [0.05, 0.1) is 10.0 Å². The highest BCUT2D eigenvalue weighted by molar-refractivity contribution is 6.37. The third-order valence-electron chi connectivity index (χ3n) is 3.35. The SMILES string of the molecule is O=C1NC(=O)/C(=C\c2cc(Cl)c(OCc3ccc(F)cc3)c(Cl)c2)N1. The van der Waals surface area contributed by atoms with E-state index in [0.717, 1.165) is 5.56 Å². The van der Waals surface area contributed by atoms with Crippen LogP contribution in [0.5, 0.6) is 5.75 Å². The van der Waals surface area contributed by atoms with E-state index in [-0.39, 0.29) is 33.9 Å². The first-order valence-electron chi connectivity index (χ1n) is 7.12. The molecule has 0 radical (unpaired) electrons. The van der Waals surface area contributed by atoms with Gasteiger partial charge in [-0.1, -0.05) is 35.3 Å². The van der Waals surface area contributed by atoms with Gasteiger partial charge in [0.25, 0.3) is 5.91 Å². The summed E-state index contributed by atoms with van der Waals surface area (Å²) in [6.45, 7) is 0.165. The van der Waals surface area contributed by atoms with Crippen LogP contribution >= 0.6 is 23.2 Å². The van der Waals surface area contributed by atoms with Gasteiger partial charge < -0.3 is 10.1 Å². The largest absolute Gasteiger partial charge is 0.486 e. The molecule has 3 rings (SSSR count). The molecule has 5 nitrogen and oxygen atoms in total. The Hall–Kier alpha value is -2.57. The van der Waals surface area contributed by atoms with Gasteiger partial charge in [0.1, 0.15) is 18.1 Å². The van der Waals surface area contributed by atoms with Crippen LogP contribution in [-0.2, 0) is 11.4 Å². The Bertz CT molecular complexity index is 859. The number of urea groups is 1. The van der Waals surface area contributed by atoms with Crippen LogP contribution in [0.1, 0.15) is 11.1 Å². The van der Waals surface area contributed by atoms with Crippen molar-refractivity contribution < 1.29 is 18.7 Å². The molecule has 0 aliphatic carbocycles. The molecule has 0 unspecified atom stereocenters. The molecule has 1 saturated heterocycles. The van der Waals surface area contributed by atoms with Gasteiger partial charge in [0.2, 0.25) is 0 Å². The first kappa shape index (κ1) is 17.3. The molecule has 0 bridgehead atoms. The van der Waals surface area contributed by atoms with Gasteiger partial charge in [-0.2, -0.15) is 0 Å². The lowest BCUT2D eigenvalue weighted by Crippen LogP contribution is -2.22. The Morgan fingerprint density at radius 2 is 1.68 bits per heavy atom. The highest BCUT2D eigenvalue weighted by Gasteiger charge is 2.23. The van der Waals surface area contributed by atoms with E-state index in [1.807, 2.05) is 0 Å². The zero-order chi connectivity index (χ0) is 18.0. The quantitative estimate of drug-likeness (QED) is 0.624. The van der Waals surface area contributed by atoms with Crippen molar-refractivity contribution in [3.05, 3.63) is 69.1 Å². The predicted octanol–water partition coefficient (Wildman–Crippen LogP) is 3.89. The van der Waals surface area contributed by atoms with Gasteiger partial charge in [0.15, 0.2) is 5.75 Å². The third kappa shape index (κ3) is 4.10. The van der Waals surface area contributed by atoms with E-state index in [1.165, 1.54) is 18.2 Å². The first-order chi connectivity index (χ1) is 11.9. The average Bonchev–Trinajstić information content (AvgIpc) is 2.86. The van der Waals surface area contributed by atoms with Crippen molar-refractivity contribution in [2.45, 2.75) is 6.61 Å². The van der Waals surface area contributed by atoms with E-state index in [0.29, 0.717) is 5.56 Å². The highest BCUT2D eigenvalue weighted by atomic mass is 35.5. The molecule has 25 heavy (non-hydrogen) atoms. The molecule has 0 aromatic heterocycles. The van der Waals surface area contributed by atoms with Crippen LogP contribution in [0.15, 0.2) is 42.1 Å². The molecule has 2 aromatic rings. The summed E-state index contributed by atoms with van der Waals surface area (Å²) in [5.74, 6) is -0.594. The van der Waals surface area contributed by atoms with Crippen LogP contribution in [0.3, 0.4) is 0 Å². The van der Waals surface area contributed by atoms with Crippen molar-refractivity contribution in [1.82, 2.24) is 10.6 Å². The topological polar surface area (TPSA) is 67.4 Å². The minimum absolute atomic E-state index is 0.0945. The molecule has 1 fully saturated rings. The van der Waals surface area contributed by atoms with E-state index >= 15 is 0 Å². The second kappa shape index (κ2) is 7.13. The van der Waals surface area contributed by atoms with Gasteiger partial charge in [-0.3, -0.25) is 10.1 Å². The molecule has 3 amide bonds. The van der Waals surface area contributed by atoms with Crippen molar-refractivity contribution >= 4 is 41.2 Å². The number of rotatable bonds is 4. The number of carbonyl (C=O) groups excluding carboxylic acids is 2. The van der Waals surface area contributed by atoms with Crippen molar-refractivity contribution in [2.75, 3.05) is 0 Å². The van der Waals surface area contributed by atoms with Gasteiger partial charge in [-0.15, -0.1) is 0 Å². The van der Waals surface area contributed by atoms with Crippen LogP contribution in [0.25, 0.3) is 6.08 Å². The lowest BCUT2D eigenvalue weighted by atomic mass is 10.1. The van der Waals surface area contributed by atoms with Crippen LogP contribution in [-0.4, -0.2) is 11.9 Å². The minimum atomic E-state index is -0.590. The maximum Gasteiger partial charge on any atom is 0.326 e. The van der Waals surface area contributed by atoms with Gasteiger partial charge >= 0.3 is 6.03 Å². The number of ether oxygens (including phenoxy) is 1. The summed E-state index contributed by atoms with van der Waals surface area (Å²) in [4.78, 5) is 22.6. The number of hydrogen-bond acceptors (Lipinski definition) is 3. The second-order valence-corrected chi connectivity index (χ2v) is 6.01. The number of nitrogens with one attached hydrogen (secondary N) is 2. The van der Waals surface area contributed by atoms with Gasteiger partial charge in [-0.25, -0.2) is 9.18 Å². The van der Waals surface area contributed by atoms with Crippen molar-refractivity contribution in [3.63, 3.8) is 0 Å². The summed E-state index contributed by atoms with van der Waals surface area (Å²) in [7, 11) is 0. The Morgan fingerprint density at radius 3 is 2.24 bits per heavy atom. The molecule has 2 aromatic carbocycles. The zero-order valence-electron chi connectivity index (χ0n) is 12.6. The van der Waals surface area contributed by atoms with E-state index in [4.69, 9.17) is 27.9 Å². The summed E-state index contributed by atoms with van der Waals surface area (Å²) < 4.78 is 18.5. The maximum absolute atomic E-state index is 12.9. The number of halogens is 3. The normalized spacial score (nSPS) is 15.2. The zero-order valence-corrected chi connectivity index (χ0v) is 14.1. The van der Waals surface area contributed by atoms with E-state index < -0.39 is 11.9 Å². The van der Waals surface area contributed by atoms with Crippen molar-refractivity contribution in [2.24, 2.45) is 0 Å². The fraction of sp³-hybridized carbons (Fsp3) is 0.0588. The minimum Gasteiger partial charge on any atom is -0.486 e. The average molecular weight is 381 g/mol. The fourth-order valence-corrected chi connectivity index (χ4v) is 2.80. The Kier molecular flexibility index (Phi) is 4.92. The molecular formula is C17H11Cl2FN2O3. The smallest absolute Gasteiger partial charge is 0.326 e. The summed E-state index contributed by atoms with van der Waals surface area (Å²) in [5, 5.41) is 4.95. The molecule has 2 N–H and O–H groups in total. The maximum atomic E-state index is 12.9. The number of amides is 3. The Balaban J connectivity index is 1.78. The third-order valence-corrected chi connectivity index (χ3v) is 3.91. The number of imide groups is 1. The van der Waals surface area contributed by atoms with E-state index in [9.17, 15) is 14.0 Å². The van der Waals surface area contributed by atoms with Crippen LogP contribution in [0.4, 0.5) is 9.18 Å². The number of hydrogen-bond donors (Lipinski definition) is 2. The molecular weight excluding hydrogens is 370 g/mol. The summed E-state index contributed by atoms with van der Waals surface area (Å²) >= 11 is 12.4. The summed E-state index contributed by atoms with van der Waals surface area (Å²) in [5.41, 5.74) is 1.37. The lowest BCUT2D eigenvalue weighted by Gasteiger charge is -2.11. The lowest BCUT2D eigenvalue weighted by molar-refractivity contribution is -0.115. The second-order valence-electron chi connectivity index (χ2n) is 5.20. The number of carbonyl (C=O) groups is 2. The van der Waals surface area contributed by atoms with Crippen LogP contribution in [0, 0.1) is 5.82 Å². The predicted molar refractivity (Wildman–Crippen MR) is 91.8 cm³/mol. The fourth-order valence-electron chi connectivity index (χ4n) is 2.19. The summed E-state index contributed by atoms with van der Waals surface area (Å²) in [6, 6.07) is 8.37. The van der Waals surface area contributed by atoms with Crippen molar-refractivity contribution in [3.8, 4) is 5.75 Å². The molecule has 8 heteroatoms. The van der Waals surface area contributed by atoms with Crippen LogP contribution < -0.4 is 15.4 Å². The van der Waals surface area contributed by atoms with Crippen LogP contribution in [0.2, 0.25) is 10.0 Å². The van der Waals surface area contributed by atoms with Crippen molar-refractivity contribution in [1.29, 1.82) is 0 Å². The molecule has 0 atom stereocenters. The molecule has 0 spiro atoms. The van der Waals surface area contributed by atoms with E-state index in [2.05, 4.69) is 10.6 Å². The standard InChI is InChI=1S/C17H11Cl2FN2O3/c18-12-5-10(7-14-16(23)22-17(24)21-14)6-13(19)15(12)25-8-9-1-3-11(20)4-2-9/h1-7H,8H2,(H2,21,22,23,24)/b14-7+. The first-order valence-corrected chi connectivity index (χ1v) is 7.88. The van der Waals surface area contributed by atoms with Gasteiger partial charge in [0, 0.05) is 0 Å². The molecule has 1 heterocycles. The molecule has 128 valence electrons. The van der Waals surface area contributed by atoms with Gasteiger partial charge in [-0.05, 0) is 41.5 Å². The molecule has 1 aliphatic rings. The summed E-state index contributed by atoms with van der Waals surface area (Å²) in [6.07, 6.45) is 1.45. The Morgan fingerprint density at radius 1 is 1.04 bits per heavy atom. The molecule has 1 aliphatic heterocycles. The Labute approximate surface area is 152 Å². The number of benzene rings is 2.